The second-order valence-electron chi connectivity index (χ2n) is 5.74. The smallest absolute Gasteiger partial charge is 0.247 e. The normalized spacial score (nSPS) is 27.8. The van der Waals surface area contributed by atoms with Crippen molar-refractivity contribution in [2.24, 2.45) is 5.92 Å². The lowest BCUT2D eigenvalue weighted by Crippen LogP contribution is -2.60. The fourth-order valence-corrected chi connectivity index (χ4v) is 3.28. The van der Waals surface area contributed by atoms with E-state index in [2.05, 4.69) is 10.6 Å². The lowest BCUT2D eigenvalue weighted by atomic mass is 9.82. The Morgan fingerprint density at radius 1 is 0.850 bits per heavy atom. The number of piperazine rings is 1. The van der Waals surface area contributed by atoms with Crippen molar-refractivity contribution in [2.75, 3.05) is 0 Å². The predicted molar refractivity (Wildman–Crippen MR) is 75.8 cm³/mol. The third kappa shape index (κ3) is 2.55. The largest absolute Gasteiger partial charge is 0.342 e. The zero-order valence-electron chi connectivity index (χ0n) is 11.5. The van der Waals surface area contributed by atoms with Crippen LogP contribution in [0.3, 0.4) is 0 Å². The molecule has 2 fully saturated rings. The molecule has 0 aromatic heterocycles. The number of hydrogen-bond acceptors (Lipinski definition) is 2. The zero-order valence-corrected chi connectivity index (χ0v) is 11.5. The molecule has 2 atom stereocenters. The maximum Gasteiger partial charge on any atom is 0.247 e. The summed E-state index contributed by atoms with van der Waals surface area (Å²) in [6.45, 7) is 0. The van der Waals surface area contributed by atoms with Gasteiger partial charge in [0.1, 0.15) is 12.1 Å². The first-order chi connectivity index (χ1) is 9.75. The average Bonchev–Trinajstić information content (AvgIpc) is 2.51. The van der Waals surface area contributed by atoms with Crippen LogP contribution in [0, 0.1) is 5.92 Å². The minimum atomic E-state index is -0.552. The Morgan fingerprint density at radius 3 is 2.25 bits per heavy atom. The highest BCUT2D eigenvalue weighted by atomic mass is 16.2. The van der Waals surface area contributed by atoms with Gasteiger partial charge in [0.15, 0.2) is 0 Å². The molecule has 2 N–H and O–H groups in total. The van der Waals surface area contributed by atoms with Crippen LogP contribution in [-0.4, -0.2) is 17.9 Å². The third-order valence-corrected chi connectivity index (χ3v) is 4.38. The molecule has 0 spiro atoms. The molecule has 1 saturated heterocycles. The van der Waals surface area contributed by atoms with Crippen LogP contribution in [-0.2, 0) is 9.59 Å². The quantitative estimate of drug-likeness (QED) is 0.864. The molecule has 0 bridgehead atoms. The van der Waals surface area contributed by atoms with Crippen molar-refractivity contribution in [1.82, 2.24) is 10.6 Å². The van der Waals surface area contributed by atoms with Crippen molar-refractivity contribution in [1.29, 1.82) is 0 Å². The molecule has 20 heavy (non-hydrogen) atoms. The van der Waals surface area contributed by atoms with Gasteiger partial charge in [0.25, 0.3) is 0 Å². The Hall–Kier alpha value is -1.84. The van der Waals surface area contributed by atoms with E-state index < -0.39 is 6.04 Å². The molecule has 2 aliphatic rings. The van der Waals surface area contributed by atoms with E-state index in [0.29, 0.717) is 5.92 Å². The van der Waals surface area contributed by atoms with Crippen molar-refractivity contribution in [3.63, 3.8) is 0 Å². The van der Waals surface area contributed by atoms with E-state index in [0.717, 1.165) is 31.2 Å². The minimum absolute atomic E-state index is 0.0367. The Morgan fingerprint density at radius 2 is 1.55 bits per heavy atom. The first-order valence-corrected chi connectivity index (χ1v) is 7.41. The SMILES string of the molecule is O=C1NC(C2CCCCC2)C(=O)NC1c1ccccc1. The highest BCUT2D eigenvalue weighted by Gasteiger charge is 2.38. The van der Waals surface area contributed by atoms with Crippen LogP contribution in [0.5, 0.6) is 0 Å². The molecular formula is C16H20N2O2. The number of carbonyl (C=O) groups is 2. The first-order valence-electron chi connectivity index (χ1n) is 7.41. The van der Waals surface area contributed by atoms with Gasteiger partial charge in [-0.25, -0.2) is 0 Å². The maximum absolute atomic E-state index is 12.3. The van der Waals surface area contributed by atoms with E-state index in [1.54, 1.807) is 0 Å². The third-order valence-electron chi connectivity index (χ3n) is 4.38. The molecule has 1 aliphatic carbocycles. The molecule has 1 aliphatic heterocycles. The van der Waals surface area contributed by atoms with Crippen molar-refractivity contribution >= 4 is 11.8 Å². The van der Waals surface area contributed by atoms with E-state index in [9.17, 15) is 9.59 Å². The lowest BCUT2D eigenvalue weighted by Gasteiger charge is -2.35. The predicted octanol–water partition coefficient (Wildman–Crippen LogP) is 1.92. The van der Waals surface area contributed by atoms with Crippen molar-refractivity contribution in [2.45, 2.75) is 44.2 Å². The lowest BCUT2D eigenvalue weighted by molar-refractivity contribution is -0.138. The van der Waals surface area contributed by atoms with Crippen molar-refractivity contribution < 1.29 is 9.59 Å². The molecule has 1 heterocycles. The summed E-state index contributed by atoms with van der Waals surface area (Å²) in [5.74, 6) is 0.168. The van der Waals surface area contributed by atoms with Gasteiger partial charge >= 0.3 is 0 Å². The highest BCUT2D eigenvalue weighted by molar-refractivity contribution is 5.97. The van der Waals surface area contributed by atoms with E-state index in [1.807, 2.05) is 30.3 Å². The molecule has 4 heteroatoms. The van der Waals surface area contributed by atoms with Gasteiger partial charge in [-0.05, 0) is 24.3 Å². The highest BCUT2D eigenvalue weighted by Crippen LogP contribution is 2.29. The molecule has 2 amide bonds. The van der Waals surface area contributed by atoms with Gasteiger partial charge < -0.3 is 10.6 Å². The first kappa shape index (κ1) is 13.2. The zero-order chi connectivity index (χ0) is 13.9. The standard InChI is InChI=1S/C16H20N2O2/c19-15-13(11-7-3-1-4-8-11)17-16(20)14(18-15)12-9-5-2-6-10-12/h1,3-4,7-8,12-14H,2,5-6,9-10H2,(H,17,20)(H,18,19). The topological polar surface area (TPSA) is 58.2 Å². The minimum Gasteiger partial charge on any atom is -0.342 e. The van der Waals surface area contributed by atoms with Crippen LogP contribution in [0.1, 0.15) is 43.7 Å². The van der Waals surface area contributed by atoms with Crippen molar-refractivity contribution in [3.05, 3.63) is 35.9 Å². The van der Waals surface area contributed by atoms with E-state index in [-0.39, 0.29) is 17.9 Å². The summed E-state index contributed by atoms with van der Waals surface area (Å²) in [6, 6.07) is 8.49. The van der Waals surface area contributed by atoms with Crippen LogP contribution < -0.4 is 10.6 Å². The molecule has 1 aromatic rings. The van der Waals surface area contributed by atoms with Gasteiger partial charge in [-0.15, -0.1) is 0 Å². The summed E-state index contributed by atoms with van der Waals surface area (Å²) in [5, 5.41) is 5.81. The molecule has 4 nitrogen and oxygen atoms in total. The van der Waals surface area contributed by atoms with E-state index >= 15 is 0 Å². The molecule has 1 saturated carbocycles. The Kier molecular flexibility index (Phi) is 3.72. The average molecular weight is 272 g/mol. The van der Waals surface area contributed by atoms with Gasteiger partial charge in [-0.1, -0.05) is 49.6 Å². The Balaban J connectivity index is 1.73. The summed E-state index contributed by atoms with van der Waals surface area (Å²) in [5.41, 5.74) is 0.834. The van der Waals surface area contributed by atoms with E-state index in [4.69, 9.17) is 0 Å². The second-order valence-corrected chi connectivity index (χ2v) is 5.74. The molecule has 3 rings (SSSR count). The number of carbonyl (C=O) groups excluding carboxylic acids is 2. The van der Waals surface area contributed by atoms with Crippen molar-refractivity contribution in [3.8, 4) is 0 Å². The van der Waals surface area contributed by atoms with Crippen LogP contribution in [0.15, 0.2) is 30.3 Å². The van der Waals surface area contributed by atoms with Gasteiger partial charge in [0, 0.05) is 0 Å². The summed E-state index contributed by atoms with van der Waals surface area (Å²) >= 11 is 0. The summed E-state index contributed by atoms with van der Waals surface area (Å²) in [6.07, 6.45) is 5.63. The van der Waals surface area contributed by atoms with Crippen LogP contribution in [0.2, 0.25) is 0 Å². The van der Waals surface area contributed by atoms with Gasteiger partial charge in [0.2, 0.25) is 11.8 Å². The number of benzene rings is 1. The fraction of sp³-hybridized carbons (Fsp3) is 0.500. The number of hydrogen-bond donors (Lipinski definition) is 2. The van der Waals surface area contributed by atoms with Gasteiger partial charge in [-0.3, -0.25) is 9.59 Å². The van der Waals surface area contributed by atoms with Crippen LogP contribution in [0.25, 0.3) is 0 Å². The maximum atomic E-state index is 12.3. The molecular weight excluding hydrogens is 252 g/mol. The number of amides is 2. The van der Waals surface area contributed by atoms with Crippen LogP contribution >= 0.6 is 0 Å². The van der Waals surface area contributed by atoms with E-state index in [1.165, 1.54) is 6.42 Å². The summed E-state index contributed by atoms with van der Waals surface area (Å²) in [7, 11) is 0. The van der Waals surface area contributed by atoms with Gasteiger partial charge in [0.05, 0.1) is 0 Å². The second kappa shape index (κ2) is 5.65. The fourth-order valence-electron chi connectivity index (χ4n) is 3.28. The number of nitrogens with one attached hydrogen (secondary N) is 2. The number of rotatable bonds is 2. The molecule has 2 unspecified atom stereocenters. The Labute approximate surface area is 118 Å². The molecule has 0 radical (unpaired) electrons. The Bertz CT molecular complexity index is 494. The van der Waals surface area contributed by atoms with Gasteiger partial charge in [-0.2, -0.15) is 0 Å². The molecule has 1 aromatic carbocycles. The monoisotopic (exact) mass is 272 g/mol. The summed E-state index contributed by atoms with van der Waals surface area (Å²) in [4.78, 5) is 24.6. The summed E-state index contributed by atoms with van der Waals surface area (Å²) < 4.78 is 0. The molecule has 106 valence electrons. The van der Waals surface area contributed by atoms with Crippen LogP contribution in [0.4, 0.5) is 0 Å².